The molecule has 1 amide bonds. The Kier molecular flexibility index (Phi) is 7.17. The normalized spacial score (nSPS) is 11.1. The van der Waals surface area contributed by atoms with Crippen molar-refractivity contribution in [1.29, 1.82) is 0 Å². The van der Waals surface area contributed by atoms with Gasteiger partial charge in [-0.25, -0.2) is 18.4 Å². The van der Waals surface area contributed by atoms with Crippen molar-refractivity contribution in [2.24, 2.45) is 5.14 Å². The second kappa shape index (κ2) is 9.18. The Morgan fingerprint density at radius 3 is 2.25 bits per heavy atom. The third-order valence-corrected chi connectivity index (χ3v) is 5.46. The third-order valence-electron chi connectivity index (χ3n) is 4.07. The number of amides is 1. The molecular weight excluding hydrogens is 404 g/mol. The fourth-order valence-electron chi connectivity index (χ4n) is 2.64. The molecule has 0 bridgehead atoms. The van der Waals surface area contributed by atoms with Gasteiger partial charge in [-0.05, 0) is 42.2 Å². The Hall–Kier alpha value is -2.42. The number of aryl methyl sites for hydroxylation is 2. The van der Waals surface area contributed by atoms with Gasteiger partial charge in [-0.1, -0.05) is 43.6 Å². The van der Waals surface area contributed by atoms with Gasteiger partial charge in [-0.3, -0.25) is 4.79 Å². The molecule has 0 aliphatic carbocycles. The summed E-state index contributed by atoms with van der Waals surface area (Å²) in [5.74, 6) is -1.36. The number of sulfonamides is 1. The van der Waals surface area contributed by atoms with Crippen molar-refractivity contribution < 1.29 is 22.7 Å². The van der Waals surface area contributed by atoms with Crippen molar-refractivity contribution in [3.8, 4) is 0 Å². The first-order valence-electron chi connectivity index (χ1n) is 8.57. The van der Waals surface area contributed by atoms with E-state index in [0.717, 1.165) is 35.7 Å². The standard InChI is InChI=1S/C19H21ClN2O5S/c1-3-12-6-5-7-13(4-2)18(12)22-17(23)11-27-19(24)14-8-9-15(20)16(10-14)28(21,25)26/h5-10H,3-4,11H2,1-2H3,(H,22,23)(H2,21,25,26). The van der Waals surface area contributed by atoms with Crippen molar-refractivity contribution in [3.05, 3.63) is 58.1 Å². The maximum atomic E-state index is 12.2. The average molecular weight is 425 g/mol. The maximum Gasteiger partial charge on any atom is 0.338 e. The SMILES string of the molecule is CCc1cccc(CC)c1NC(=O)COC(=O)c1ccc(Cl)c(S(N)(=O)=O)c1. The quantitative estimate of drug-likeness (QED) is 0.663. The summed E-state index contributed by atoms with van der Waals surface area (Å²) in [5, 5.41) is 7.73. The number of carbonyl (C=O) groups excluding carboxylic acids is 2. The zero-order chi connectivity index (χ0) is 20.9. The Morgan fingerprint density at radius 1 is 1.11 bits per heavy atom. The molecule has 0 aromatic heterocycles. The number of primary sulfonamides is 1. The Morgan fingerprint density at radius 2 is 1.71 bits per heavy atom. The molecule has 28 heavy (non-hydrogen) atoms. The van der Waals surface area contributed by atoms with Gasteiger partial charge < -0.3 is 10.1 Å². The molecule has 0 aliphatic rings. The van der Waals surface area contributed by atoms with E-state index in [1.54, 1.807) is 0 Å². The number of rotatable bonds is 7. The number of ether oxygens (including phenoxy) is 1. The van der Waals surface area contributed by atoms with Gasteiger partial charge in [0.15, 0.2) is 6.61 Å². The minimum Gasteiger partial charge on any atom is -0.452 e. The highest BCUT2D eigenvalue weighted by atomic mass is 35.5. The highest BCUT2D eigenvalue weighted by molar-refractivity contribution is 7.89. The minimum atomic E-state index is -4.10. The number of halogens is 1. The molecule has 0 fully saturated rings. The van der Waals surface area contributed by atoms with Gasteiger partial charge in [0.1, 0.15) is 4.90 Å². The summed E-state index contributed by atoms with van der Waals surface area (Å²) in [4.78, 5) is 24.0. The molecule has 0 saturated heterocycles. The van der Waals surface area contributed by atoms with E-state index in [-0.39, 0.29) is 10.6 Å². The van der Waals surface area contributed by atoms with Crippen LogP contribution in [-0.2, 0) is 32.4 Å². The van der Waals surface area contributed by atoms with Crippen LogP contribution >= 0.6 is 11.6 Å². The van der Waals surface area contributed by atoms with E-state index in [0.29, 0.717) is 0 Å². The highest BCUT2D eigenvalue weighted by Gasteiger charge is 2.18. The maximum absolute atomic E-state index is 12.2. The molecule has 0 radical (unpaired) electrons. The number of anilines is 1. The lowest BCUT2D eigenvalue weighted by Gasteiger charge is -2.14. The van der Waals surface area contributed by atoms with E-state index >= 15 is 0 Å². The smallest absolute Gasteiger partial charge is 0.338 e. The first kappa shape index (κ1) is 21.9. The molecule has 7 nitrogen and oxygen atoms in total. The van der Waals surface area contributed by atoms with Crippen LogP contribution in [-0.4, -0.2) is 26.9 Å². The lowest BCUT2D eigenvalue weighted by molar-refractivity contribution is -0.119. The second-order valence-electron chi connectivity index (χ2n) is 5.97. The van der Waals surface area contributed by atoms with Crippen molar-refractivity contribution in [2.75, 3.05) is 11.9 Å². The summed E-state index contributed by atoms with van der Waals surface area (Å²) in [6, 6.07) is 9.30. The third kappa shape index (κ3) is 5.31. The topological polar surface area (TPSA) is 116 Å². The molecule has 0 saturated carbocycles. The predicted molar refractivity (Wildman–Crippen MR) is 107 cm³/mol. The lowest BCUT2D eigenvalue weighted by Crippen LogP contribution is -2.22. The van der Waals surface area contributed by atoms with E-state index in [1.807, 2.05) is 32.0 Å². The summed E-state index contributed by atoms with van der Waals surface area (Å²) >= 11 is 5.79. The number of benzene rings is 2. The summed E-state index contributed by atoms with van der Waals surface area (Å²) in [7, 11) is -4.10. The molecule has 0 aliphatic heterocycles. The Labute approximate surface area is 168 Å². The van der Waals surface area contributed by atoms with Crippen LogP contribution < -0.4 is 10.5 Å². The van der Waals surface area contributed by atoms with Crippen LogP contribution in [0.25, 0.3) is 0 Å². The van der Waals surface area contributed by atoms with Gasteiger partial charge in [-0.2, -0.15) is 0 Å². The zero-order valence-corrected chi connectivity index (χ0v) is 17.1. The van der Waals surface area contributed by atoms with E-state index in [4.69, 9.17) is 21.5 Å². The van der Waals surface area contributed by atoms with E-state index in [2.05, 4.69) is 5.32 Å². The average Bonchev–Trinajstić information content (AvgIpc) is 2.65. The van der Waals surface area contributed by atoms with Crippen molar-refractivity contribution in [3.63, 3.8) is 0 Å². The molecule has 2 aromatic rings. The first-order chi connectivity index (χ1) is 13.2. The fraction of sp³-hybridized carbons (Fsp3) is 0.263. The number of nitrogens with two attached hydrogens (primary N) is 1. The van der Waals surface area contributed by atoms with Gasteiger partial charge in [0, 0.05) is 5.69 Å². The highest BCUT2D eigenvalue weighted by Crippen LogP contribution is 2.23. The zero-order valence-electron chi connectivity index (χ0n) is 15.5. The van der Waals surface area contributed by atoms with Gasteiger partial charge in [0.05, 0.1) is 10.6 Å². The largest absolute Gasteiger partial charge is 0.452 e. The van der Waals surface area contributed by atoms with Crippen LogP contribution in [0.5, 0.6) is 0 Å². The molecule has 0 atom stereocenters. The first-order valence-corrected chi connectivity index (χ1v) is 10.5. The van der Waals surface area contributed by atoms with Crippen LogP contribution in [0.3, 0.4) is 0 Å². The van der Waals surface area contributed by atoms with E-state index in [9.17, 15) is 18.0 Å². The predicted octanol–water partition coefficient (Wildman–Crippen LogP) is 2.91. The molecule has 0 heterocycles. The van der Waals surface area contributed by atoms with Crippen LogP contribution in [0, 0.1) is 0 Å². The van der Waals surface area contributed by atoms with Crippen LogP contribution in [0.2, 0.25) is 5.02 Å². The van der Waals surface area contributed by atoms with Gasteiger partial charge in [0.25, 0.3) is 5.91 Å². The molecule has 150 valence electrons. The van der Waals surface area contributed by atoms with Gasteiger partial charge >= 0.3 is 5.97 Å². The molecule has 0 unspecified atom stereocenters. The molecule has 0 spiro atoms. The molecule has 3 N–H and O–H groups in total. The molecule has 2 aromatic carbocycles. The summed E-state index contributed by atoms with van der Waals surface area (Å²) < 4.78 is 28.0. The lowest BCUT2D eigenvalue weighted by atomic mass is 10.0. The summed E-state index contributed by atoms with van der Waals surface area (Å²) in [6.07, 6.45) is 1.48. The van der Waals surface area contributed by atoms with E-state index < -0.39 is 33.4 Å². The Bertz CT molecular complexity index is 983. The summed E-state index contributed by atoms with van der Waals surface area (Å²) in [6.45, 7) is 3.44. The molecule has 2 rings (SSSR count). The van der Waals surface area contributed by atoms with Crippen LogP contribution in [0.15, 0.2) is 41.3 Å². The van der Waals surface area contributed by atoms with Gasteiger partial charge in [0.2, 0.25) is 10.0 Å². The number of esters is 1. The molecular formula is C19H21ClN2O5S. The fourth-order valence-corrected chi connectivity index (χ4v) is 3.71. The van der Waals surface area contributed by atoms with Crippen LogP contribution in [0.4, 0.5) is 5.69 Å². The van der Waals surface area contributed by atoms with Crippen molar-refractivity contribution in [1.82, 2.24) is 0 Å². The van der Waals surface area contributed by atoms with E-state index in [1.165, 1.54) is 12.1 Å². The monoisotopic (exact) mass is 424 g/mol. The number of nitrogens with one attached hydrogen (secondary N) is 1. The van der Waals surface area contributed by atoms with Crippen molar-refractivity contribution >= 4 is 39.2 Å². The summed E-state index contributed by atoms with van der Waals surface area (Å²) in [5.41, 5.74) is 2.60. The number of hydrogen-bond donors (Lipinski definition) is 2. The number of para-hydroxylation sites is 1. The second-order valence-corrected chi connectivity index (χ2v) is 7.91. The number of carbonyl (C=O) groups is 2. The van der Waals surface area contributed by atoms with Crippen molar-refractivity contribution in [2.45, 2.75) is 31.6 Å². The Balaban J connectivity index is 2.09. The van der Waals surface area contributed by atoms with Gasteiger partial charge in [-0.15, -0.1) is 0 Å². The molecule has 9 heteroatoms. The number of hydrogen-bond acceptors (Lipinski definition) is 5. The van der Waals surface area contributed by atoms with Crippen LogP contribution in [0.1, 0.15) is 35.3 Å². The minimum absolute atomic E-state index is 0.0792.